The highest BCUT2D eigenvalue weighted by molar-refractivity contribution is 7.89. The van der Waals surface area contributed by atoms with Gasteiger partial charge in [-0.3, -0.25) is 0 Å². The number of nitrogens with zero attached hydrogens (tertiary/aromatic N) is 1. The molecule has 2 fully saturated rings. The van der Waals surface area contributed by atoms with E-state index in [0.717, 1.165) is 17.7 Å². The van der Waals surface area contributed by atoms with E-state index in [2.05, 4.69) is 0 Å². The second-order valence-electron chi connectivity index (χ2n) is 5.16. The Hall–Kier alpha value is -0.430. The maximum Gasteiger partial charge on any atom is 0.244 e. The molecule has 1 aromatic heterocycles. The molecular formula is C12H18N2O2S2. The minimum atomic E-state index is -3.33. The minimum Gasteiger partial charge on any atom is -0.326 e. The van der Waals surface area contributed by atoms with Crippen molar-refractivity contribution in [2.24, 2.45) is 11.7 Å². The van der Waals surface area contributed by atoms with Gasteiger partial charge in [0.05, 0.1) is 4.90 Å². The Labute approximate surface area is 112 Å². The number of thiophene rings is 1. The molecule has 2 N–H and O–H groups in total. The Kier molecular flexibility index (Phi) is 3.21. The third-order valence-corrected chi connectivity index (χ3v) is 6.64. The van der Waals surface area contributed by atoms with Gasteiger partial charge in [-0.25, -0.2) is 8.42 Å². The molecule has 0 aromatic carbocycles. The van der Waals surface area contributed by atoms with Gasteiger partial charge in [-0.05, 0) is 43.0 Å². The molecule has 2 aliphatic carbocycles. The zero-order chi connectivity index (χ0) is 12.8. The van der Waals surface area contributed by atoms with Crippen molar-refractivity contribution >= 4 is 21.4 Å². The van der Waals surface area contributed by atoms with Gasteiger partial charge in [0, 0.05) is 24.0 Å². The molecule has 6 heteroatoms. The van der Waals surface area contributed by atoms with Crippen LogP contribution >= 0.6 is 11.3 Å². The number of hydrogen-bond donors (Lipinski definition) is 1. The summed E-state index contributed by atoms with van der Waals surface area (Å²) < 4.78 is 27.1. The molecule has 0 radical (unpaired) electrons. The first kappa shape index (κ1) is 12.6. The van der Waals surface area contributed by atoms with Gasteiger partial charge >= 0.3 is 0 Å². The van der Waals surface area contributed by atoms with E-state index in [9.17, 15) is 8.42 Å². The van der Waals surface area contributed by atoms with Crippen molar-refractivity contribution in [1.82, 2.24) is 4.31 Å². The van der Waals surface area contributed by atoms with Crippen molar-refractivity contribution in [3.05, 3.63) is 16.3 Å². The first-order chi connectivity index (χ1) is 8.63. The monoisotopic (exact) mass is 286 g/mol. The lowest BCUT2D eigenvalue weighted by atomic mass is 10.4. The predicted molar refractivity (Wildman–Crippen MR) is 71.8 cm³/mol. The molecule has 1 heterocycles. The van der Waals surface area contributed by atoms with E-state index in [0.29, 0.717) is 23.9 Å². The van der Waals surface area contributed by atoms with Gasteiger partial charge in [0.1, 0.15) is 0 Å². The molecule has 0 bridgehead atoms. The molecular weight excluding hydrogens is 268 g/mol. The molecule has 0 spiro atoms. The largest absolute Gasteiger partial charge is 0.326 e. The van der Waals surface area contributed by atoms with Crippen LogP contribution in [0.4, 0.5) is 0 Å². The van der Waals surface area contributed by atoms with E-state index in [1.165, 1.54) is 24.2 Å². The van der Waals surface area contributed by atoms with Gasteiger partial charge in [-0.15, -0.1) is 11.3 Å². The smallest absolute Gasteiger partial charge is 0.244 e. The second kappa shape index (κ2) is 4.59. The predicted octanol–water partition coefficient (Wildman–Crippen LogP) is 1.77. The molecule has 2 saturated carbocycles. The topological polar surface area (TPSA) is 63.4 Å². The van der Waals surface area contributed by atoms with Crippen LogP contribution in [0.3, 0.4) is 0 Å². The Balaban J connectivity index is 1.90. The van der Waals surface area contributed by atoms with Crippen LogP contribution < -0.4 is 5.73 Å². The normalized spacial score (nSPS) is 20.6. The molecule has 4 nitrogen and oxygen atoms in total. The maximum atomic E-state index is 12.7. The Morgan fingerprint density at radius 3 is 2.61 bits per heavy atom. The van der Waals surface area contributed by atoms with Crippen molar-refractivity contribution in [2.75, 3.05) is 6.54 Å². The summed E-state index contributed by atoms with van der Waals surface area (Å²) in [7, 11) is -3.33. The summed E-state index contributed by atoms with van der Waals surface area (Å²) in [6, 6.07) is 1.94. The highest BCUT2D eigenvalue weighted by Crippen LogP contribution is 2.39. The fourth-order valence-corrected chi connectivity index (χ4v) is 5.26. The molecule has 1 aromatic rings. The Morgan fingerprint density at radius 2 is 2.06 bits per heavy atom. The number of sulfonamides is 1. The molecule has 18 heavy (non-hydrogen) atoms. The quantitative estimate of drug-likeness (QED) is 0.867. The van der Waals surface area contributed by atoms with Crippen LogP contribution in [0.15, 0.2) is 16.3 Å². The summed E-state index contributed by atoms with van der Waals surface area (Å²) in [5.74, 6) is 0.584. The van der Waals surface area contributed by atoms with E-state index >= 15 is 0 Å². The summed E-state index contributed by atoms with van der Waals surface area (Å²) in [6.07, 6.45) is 4.36. The Bertz CT molecular complexity index is 530. The minimum absolute atomic E-state index is 0.237. The van der Waals surface area contributed by atoms with E-state index in [1.54, 1.807) is 10.4 Å². The molecule has 2 aliphatic rings. The number of rotatable bonds is 6. The highest BCUT2D eigenvalue weighted by atomic mass is 32.2. The Morgan fingerprint density at radius 1 is 1.33 bits per heavy atom. The van der Waals surface area contributed by atoms with Crippen molar-refractivity contribution in [3.63, 3.8) is 0 Å². The van der Waals surface area contributed by atoms with Crippen LogP contribution in [0.5, 0.6) is 0 Å². The molecule has 0 amide bonds. The molecule has 3 rings (SSSR count). The average molecular weight is 286 g/mol. The van der Waals surface area contributed by atoms with Gasteiger partial charge in [0.2, 0.25) is 10.0 Å². The lowest BCUT2D eigenvalue weighted by Crippen LogP contribution is -2.35. The average Bonchev–Trinajstić information content (AvgIpc) is 3.24. The van der Waals surface area contributed by atoms with Gasteiger partial charge in [0.25, 0.3) is 0 Å². The van der Waals surface area contributed by atoms with Crippen LogP contribution in [-0.2, 0) is 16.6 Å². The number of nitrogens with two attached hydrogens (primary N) is 1. The van der Waals surface area contributed by atoms with Crippen LogP contribution in [0.2, 0.25) is 0 Å². The van der Waals surface area contributed by atoms with Crippen molar-refractivity contribution in [1.29, 1.82) is 0 Å². The van der Waals surface area contributed by atoms with E-state index in [1.807, 2.05) is 5.38 Å². The lowest BCUT2D eigenvalue weighted by Gasteiger charge is -2.21. The highest BCUT2D eigenvalue weighted by Gasteiger charge is 2.41. The summed E-state index contributed by atoms with van der Waals surface area (Å²) in [6.45, 7) is 1.00. The van der Waals surface area contributed by atoms with Crippen molar-refractivity contribution < 1.29 is 8.42 Å². The third kappa shape index (κ3) is 2.34. The molecule has 0 aliphatic heterocycles. The lowest BCUT2D eigenvalue weighted by molar-refractivity contribution is 0.388. The van der Waals surface area contributed by atoms with E-state index < -0.39 is 10.0 Å². The van der Waals surface area contributed by atoms with Crippen LogP contribution in [0.1, 0.15) is 30.6 Å². The van der Waals surface area contributed by atoms with E-state index in [-0.39, 0.29) is 6.04 Å². The zero-order valence-electron chi connectivity index (χ0n) is 10.2. The first-order valence-electron chi connectivity index (χ1n) is 6.41. The van der Waals surface area contributed by atoms with Crippen LogP contribution in [0.25, 0.3) is 0 Å². The molecule has 0 saturated heterocycles. The maximum absolute atomic E-state index is 12.7. The zero-order valence-corrected chi connectivity index (χ0v) is 11.8. The summed E-state index contributed by atoms with van der Waals surface area (Å²) in [4.78, 5) is 1.21. The summed E-state index contributed by atoms with van der Waals surface area (Å²) in [5, 5.41) is 1.82. The van der Waals surface area contributed by atoms with Gasteiger partial charge in [0.15, 0.2) is 0 Å². The fraction of sp³-hybridized carbons (Fsp3) is 0.667. The molecule has 0 atom stereocenters. The standard InChI is InChI=1S/C12H18N2O2S2/c13-7-11-12(5-6-17-11)18(15,16)14(10-3-4-10)8-9-1-2-9/h5-6,9-10H,1-4,7-8,13H2. The van der Waals surface area contributed by atoms with Crippen LogP contribution in [0, 0.1) is 5.92 Å². The molecule has 0 unspecified atom stereocenters. The summed E-state index contributed by atoms with van der Waals surface area (Å²) in [5.41, 5.74) is 5.62. The summed E-state index contributed by atoms with van der Waals surface area (Å²) >= 11 is 1.43. The second-order valence-corrected chi connectivity index (χ2v) is 8.02. The van der Waals surface area contributed by atoms with Gasteiger partial charge in [-0.1, -0.05) is 0 Å². The van der Waals surface area contributed by atoms with Crippen molar-refractivity contribution in [3.8, 4) is 0 Å². The fourth-order valence-electron chi connectivity index (χ4n) is 2.19. The third-order valence-electron chi connectivity index (χ3n) is 3.57. The SMILES string of the molecule is NCc1sccc1S(=O)(=O)N(CC1CC1)C1CC1. The van der Waals surface area contributed by atoms with E-state index in [4.69, 9.17) is 5.73 Å². The first-order valence-corrected chi connectivity index (χ1v) is 8.73. The number of hydrogen-bond acceptors (Lipinski definition) is 4. The van der Waals surface area contributed by atoms with Crippen LogP contribution in [-0.4, -0.2) is 25.3 Å². The van der Waals surface area contributed by atoms with Gasteiger partial charge in [-0.2, -0.15) is 4.31 Å². The van der Waals surface area contributed by atoms with Crippen molar-refractivity contribution in [2.45, 2.75) is 43.2 Å². The van der Waals surface area contributed by atoms with Gasteiger partial charge < -0.3 is 5.73 Å². The molecule has 100 valence electrons.